The van der Waals surface area contributed by atoms with E-state index < -0.39 is 4.92 Å². The Morgan fingerprint density at radius 2 is 2.20 bits per heavy atom. The molecule has 4 nitrogen and oxygen atoms in total. The van der Waals surface area contributed by atoms with Gasteiger partial charge in [-0.15, -0.1) is 0 Å². The third-order valence-corrected chi connectivity index (χ3v) is 2.39. The van der Waals surface area contributed by atoms with Crippen molar-refractivity contribution in [3.8, 4) is 5.75 Å². The number of halogens is 1. The Morgan fingerprint density at radius 3 is 2.67 bits per heavy atom. The lowest BCUT2D eigenvalue weighted by atomic mass is 10.2. The van der Waals surface area contributed by atoms with Gasteiger partial charge >= 0.3 is 5.69 Å². The van der Waals surface area contributed by atoms with Crippen LogP contribution in [0.1, 0.15) is 19.4 Å². The number of hydrogen-bond acceptors (Lipinski definition) is 3. The molecule has 0 aliphatic heterocycles. The fourth-order valence-corrected chi connectivity index (χ4v) is 1.49. The van der Waals surface area contributed by atoms with E-state index in [1.165, 1.54) is 6.07 Å². The molecule has 0 unspecified atom stereocenters. The van der Waals surface area contributed by atoms with Crippen LogP contribution < -0.4 is 4.74 Å². The zero-order chi connectivity index (χ0) is 11.4. The fourth-order valence-electron chi connectivity index (χ4n) is 1.14. The molecule has 0 atom stereocenters. The van der Waals surface area contributed by atoms with Gasteiger partial charge in [0.15, 0.2) is 5.75 Å². The van der Waals surface area contributed by atoms with E-state index >= 15 is 0 Å². The Balaban J connectivity index is 3.10. The van der Waals surface area contributed by atoms with E-state index in [-0.39, 0.29) is 11.8 Å². The topological polar surface area (TPSA) is 52.4 Å². The first-order valence-corrected chi connectivity index (χ1v) is 5.66. The molecule has 0 heterocycles. The van der Waals surface area contributed by atoms with Crippen molar-refractivity contribution in [1.82, 2.24) is 0 Å². The van der Waals surface area contributed by atoms with Crippen molar-refractivity contribution in [2.75, 3.05) is 0 Å². The number of hydrogen-bond donors (Lipinski definition) is 0. The number of nitro benzene ring substituents is 1. The molecule has 5 heteroatoms. The zero-order valence-electron chi connectivity index (χ0n) is 8.57. The molecule has 0 aliphatic rings. The second-order valence-corrected chi connectivity index (χ2v) is 3.92. The van der Waals surface area contributed by atoms with E-state index in [0.717, 1.165) is 5.56 Å². The molecule has 0 amide bonds. The molecule has 1 rings (SSSR count). The van der Waals surface area contributed by atoms with Gasteiger partial charge in [0.2, 0.25) is 0 Å². The van der Waals surface area contributed by atoms with Gasteiger partial charge in [0.1, 0.15) is 0 Å². The van der Waals surface area contributed by atoms with Crippen LogP contribution in [0, 0.1) is 10.1 Å². The van der Waals surface area contributed by atoms with Gasteiger partial charge in [0, 0.05) is 11.4 Å². The van der Waals surface area contributed by atoms with Crippen LogP contribution in [-0.2, 0) is 5.33 Å². The van der Waals surface area contributed by atoms with Crippen molar-refractivity contribution in [1.29, 1.82) is 0 Å². The monoisotopic (exact) mass is 273 g/mol. The summed E-state index contributed by atoms with van der Waals surface area (Å²) in [4.78, 5) is 10.3. The van der Waals surface area contributed by atoms with Crippen LogP contribution in [0.5, 0.6) is 5.75 Å². The summed E-state index contributed by atoms with van der Waals surface area (Å²) in [6, 6.07) is 4.86. The molecule has 15 heavy (non-hydrogen) atoms. The zero-order valence-corrected chi connectivity index (χ0v) is 10.2. The van der Waals surface area contributed by atoms with Gasteiger partial charge in [0.25, 0.3) is 0 Å². The summed E-state index contributed by atoms with van der Waals surface area (Å²) in [7, 11) is 0. The van der Waals surface area contributed by atoms with Crippen molar-refractivity contribution in [3.63, 3.8) is 0 Å². The van der Waals surface area contributed by atoms with Crippen LogP contribution in [-0.4, -0.2) is 11.0 Å². The third kappa shape index (κ3) is 3.20. The Hall–Kier alpha value is -1.10. The van der Waals surface area contributed by atoms with Gasteiger partial charge in [-0.3, -0.25) is 10.1 Å². The van der Waals surface area contributed by atoms with E-state index in [1.807, 2.05) is 13.8 Å². The lowest BCUT2D eigenvalue weighted by molar-refractivity contribution is -0.386. The highest BCUT2D eigenvalue weighted by Crippen LogP contribution is 2.29. The smallest absolute Gasteiger partial charge is 0.310 e. The van der Waals surface area contributed by atoms with E-state index in [9.17, 15) is 10.1 Å². The van der Waals surface area contributed by atoms with E-state index in [0.29, 0.717) is 11.1 Å². The SMILES string of the molecule is CC(C)Oc1cc(CBr)ccc1[N+](=O)[O-]. The average Bonchev–Trinajstić information content (AvgIpc) is 2.16. The van der Waals surface area contributed by atoms with Crippen LogP contribution in [0.3, 0.4) is 0 Å². The number of ether oxygens (including phenoxy) is 1. The predicted molar refractivity (Wildman–Crippen MR) is 61.5 cm³/mol. The molecule has 0 bridgehead atoms. The molecule has 0 fully saturated rings. The van der Waals surface area contributed by atoms with Crippen molar-refractivity contribution in [2.45, 2.75) is 25.3 Å². The molecular weight excluding hydrogens is 262 g/mol. The summed E-state index contributed by atoms with van der Waals surface area (Å²) >= 11 is 3.29. The molecule has 0 N–H and O–H groups in total. The minimum Gasteiger partial charge on any atom is -0.484 e. The van der Waals surface area contributed by atoms with E-state index in [1.54, 1.807) is 12.1 Å². The molecule has 0 aliphatic carbocycles. The number of benzene rings is 1. The maximum atomic E-state index is 10.7. The lowest BCUT2D eigenvalue weighted by Crippen LogP contribution is -2.07. The second kappa shape index (κ2) is 5.11. The molecule has 1 aromatic rings. The lowest BCUT2D eigenvalue weighted by Gasteiger charge is -2.10. The standard InChI is InChI=1S/C10H12BrNO3/c1-7(2)15-10-5-8(6-11)3-4-9(10)12(13)14/h3-5,7H,6H2,1-2H3. The molecule has 0 spiro atoms. The number of nitrogens with zero attached hydrogens (tertiary/aromatic N) is 1. The van der Waals surface area contributed by atoms with Gasteiger partial charge in [-0.05, 0) is 25.5 Å². The summed E-state index contributed by atoms with van der Waals surface area (Å²) in [5.41, 5.74) is 0.963. The Kier molecular flexibility index (Phi) is 4.08. The minimum absolute atomic E-state index is 0.00778. The Labute approximate surface area is 96.5 Å². The number of rotatable bonds is 4. The summed E-state index contributed by atoms with van der Waals surface area (Å²) in [6.45, 7) is 3.68. The van der Waals surface area contributed by atoms with E-state index in [2.05, 4.69) is 15.9 Å². The Bertz CT molecular complexity index is 366. The quantitative estimate of drug-likeness (QED) is 0.481. The first kappa shape index (κ1) is 12.0. The van der Waals surface area contributed by atoms with Crippen molar-refractivity contribution >= 4 is 21.6 Å². The second-order valence-electron chi connectivity index (χ2n) is 3.36. The Morgan fingerprint density at radius 1 is 1.53 bits per heavy atom. The highest BCUT2D eigenvalue weighted by molar-refractivity contribution is 9.08. The molecule has 1 aromatic carbocycles. The summed E-state index contributed by atoms with van der Waals surface area (Å²) in [6.07, 6.45) is -0.0747. The van der Waals surface area contributed by atoms with Gasteiger partial charge in [-0.2, -0.15) is 0 Å². The fraction of sp³-hybridized carbons (Fsp3) is 0.400. The number of alkyl halides is 1. The predicted octanol–water partition coefficient (Wildman–Crippen LogP) is 3.28. The van der Waals surface area contributed by atoms with Gasteiger partial charge in [-0.1, -0.05) is 22.0 Å². The molecule has 0 aromatic heterocycles. The molecule has 0 saturated carbocycles. The van der Waals surface area contributed by atoms with Crippen LogP contribution in [0.25, 0.3) is 0 Å². The molecule has 0 radical (unpaired) electrons. The first-order chi connectivity index (χ1) is 7.04. The van der Waals surface area contributed by atoms with Gasteiger partial charge < -0.3 is 4.74 Å². The molecular formula is C10H12BrNO3. The average molecular weight is 274 g/mol. The first-order valence-electron chi connectivity index (χ1n) is 4.54. The minimum atomic E-state index is -0.435. The largest absolute Gasteiger partial charge is 0.484 e. The van der Waals surface area contributed by atoms with Crippen molar-refractivity contribution in [3.05, 3.63) is 33.9 Å². The van der Waals surface area contributed by atoms with E-state index in [4.69, 9.17) is 4.74 Å². The normalized spacial score (nSPS) is 10.4. The summed E-state index contributed by atoms with van der Waals surface area (Å²) < 4.78 is 5.39. The van der Waals surface area contributed by atoms with Crippen molar-refractivity contribution in [2.24, 2.45) is 0 Å². The van der Waals surface area contributed by atoms with Crippen LogP contribution in [0.4, 0.5) is 5.69 Å². The van der Waals surface area contributed by atoms with Crippen LogP contribution in [0.2, 0.25) is 0 Å². The van der Waals surface area contributed by atoms with Gasteiger partial charge in [-0.25, -0.2) is 0 Å². The molecule has 82 valence electrons. The maximum absolute atomic E-state index is 10.7. The van der Waals surface area contributed by atoms with Crippen molar-refractivity contribution < 1.29 is 9.66 Å². The third-order valence-electron chi connectivity index (χ3n) is 1.74. The maximum Gasteiger partial charge on any atom is 0.310 e. The highest BCUT2D eigenvalue weighted by Gasteiger charge is 2.16. The summed E-state index contributed by atoms with van der Waals surface area (Å²) in [5, 5.41) is 11.4. The van der Waals surface area contributed by atoms with Crippen LogP contribution >= 0.6 is 15.9 Å². The number of nitro groups is 1. The van der Waals surface area contributed by atoms with Gasteiger partial charge in [0.05, 0.1) is 11.0 Å². The molecule has 0 saturated heterocycles. The van der Waals surface area contributed by atoms with Crippen LogP contribution in [0.15, 0.2) is 18.2 Å². The highest BCUT2D eigenvalue weighted by atomic mass is 79.9. The summed E-state index contributed by atoms with van der Waals surface area (Å²) in [5.74, 6) is 0.326.